The highest BCUT2D eigenvalue weighted by Gasteiger charge is 2.25. The summed E-state index contributed by atoms with van der Waals surface area (Å²) in [7, 11) is 0. The number of hydrogen-bond acceptors (Lipinski definition) is 4. The molecule has 0 aliphatic carbocycles. The fourth-order valence-electron chi connectivity index (χ4n) is 3.08. The van der Waals surface area contributed by atoms with E-state index in [4.69, 9.17) is 0 Å². The van der Waals surface area contributed by atoms with Crippen molar-refractivity contribution in [3.63, 3.8) is 0 Å². The van der Waals surface area contributed by atoms with Gasteiger partial charge < -0.3 is 10.6 Å². The van der Waals surface area contributed by atoms with Crippen LogP contribution in [0.5, 0.6) is 0 Å². The first-order valence-corrected chi connectivity index (χ1v) is 8.28. The Kier molecular flexibility index (Phi) is 3.93. The Morgan fingerprint density at radius 3 is 3.08 bits per heavy atom. The summed E-state index contributed by atoms with van der Waals surface area (Å²) < 4.78 is 3.62. The van der Waals surface area contributed by atoms with Crippen molar-refractivity contribution in [1.29, 1.82) is 0 Å². The maximum absolute atomic E-state index is 12.4. The summed E-state index contributed by atoms with van der Waals surface area (Å²) in [6.07, 6.45) is 5.40. The zero-order valence-corrected chi connectivity index (χ0v) is 13.9. The lowest BCUT2D eigenvalue weighted by Gasteiger charge is -2.23. The zero-order valence-electron chi connectivity index (χ0n) is 13.9. The van der Waals surface area contributed by atoms with Gasteiger partial charge in [0, 0.05) is 24.6 Å². The molecule has 4 rings (SSSR count). The van der Waals surface area contributed by atoms with Gasteiger partial charge in [0.25, 0.3) is 0 Å². The molecule has 8 nitrogen and oxygen atoms in total. The Bertz CT molecular complexity index is 884. The molecule has 0 unspecified atom stereocenters. The molecule has 0 spiro atoms. The minimum atomic E-state index is -0.253. The van der Waals surface area contributed by atoms with Gasteiger partial charge in [0.15, 0.2) is 0 Å². The molecule has 3 aromatic rings. The maximum atomic E-state index is 12.4. The van der Waals surface area contributed by atoms with Crippen LogP contribution in [0.2, 0.25) is 0 Å². The van der Waals surface area contributed by atoms with Crippen molar-refractivity contribution in [3.8, 4) is 5.69 Å². The number of amides is 2. The van der Waals surface area contributed by atoms with Crippen molar-refractivity contribution in [1.82, 2.24) is 29.9 Å². The second-order valence-corrected chi connectivity index (χ2v) is 6.03. The van der Waals surface area contributed by atoms with E-state index in [2.05, 4.69) is 25.8 Å². The fraction of sp³-hybridized carbons (Fsp3) is 0.294. The predicted octanol–water partition coefficient (Wildman–Crippen LogP) is 2.43. The molecule has 0 saturated carbocycles. The first-order chi connectivity index (χ1) is 12.2. The summed E-state index contributed by atoms with van der Waals surface area (Å²) in [6.45, 7) is 2.71. The highest BCUT2D eigenvalue weighted by Crippen LogP contribution is 2.23. The number of anilines is 1. The van der Waals surface area contributed by atoms with E-state index < -0.39 is 0 Å². The Balaban J connectivity index is 1.46. The van der Waals surface area contributed by atoms with E-state index in [9.17, 15) is 4.79 Å². The third kappa shape index (κ3) is 3.23. The van der Waals surface area contributed by atoms with E-state index in [0.29, 0.717) is 5.69 Å². The summed E-state index contributed by atoms with van der Waals surface area (Å²) >= 11 is 0. The number of fused-ring (bicyclic) bond motifs is 1. The summed E-state index contributed by atoms with van der Waals surface area (Å²) in [5, 5.41) is 14.4. The number of urea groups is 1. The topological polar surface area (TPSA) is 89.7 Å². The van der Waals surface area contributed by atoms with Crippen molar-refractivity contribution in [2.75, 3.05) is 5.32 Å². The Morgan fingerprint density at radius 1 is 1.32 bits per heavy atom. The van der Waals surface area contributed by atoms with Crippen molar-refractivity contribution in [2.45, 2.75) is 32.4 Å². The molecular weight excluding hydrogens is 318 g/mol. The minimum absolute atomic E-state index is 0.121. The van der Waals surface area contributed by atoms with Crippen LogP contribution in [0.3, 0.4) is 0 Å². The van der Waals surface area contributed by atoms with Gasteiger partial charge >= 0.3 is 6.03 Å². The second-order valence-electron chi connectivity index (χ2n) is 6.03. The van der Waals surface area contributed by atoms with E-state index in [1.807, 2.05) is 48.1 Å². The lowest BCUT2D eigenvalue weighted by molar-refractivity contribution is 0.244. The quantitative estimate of drug-likeness (QED) is 0.768. The van der Waals surface area contributed by atoms with Crippen LogP contribution in [0.15, 0.2) is 42.7 Å². The average molecular weight is 337 g/mol. The molecule has 1 aliphatic heterocycles. The zero-order chi connectivity index (χ0) is 17.2. The summed E-state index contributed by atoms with van der Waals surface area (Å²) in [5.74, 6) is 1.56. The van der Waals surface area contributed by atoms with Crippen LogP contribution < -0.4 is 10.6 Å². The monoisotopic (exact) mass is 337 g/mol. The number of rotatable bonds is 3. The number of nitrogens with one attached hydrogen (secondary N) is 2. The number of nitrogens with zero attached hydrogens (tertiary/aromatic N) is 5. The largest absolute Gasteiger partial charge is 0.328 e. The van der Waals surface area contributed by atoms with Crippen molar-refractivity contribution < 1.29 is 4.79 Å². The molecule has 25 heavy (non-hydrogen) atoms. The lowest BCUT2D eigenvalue weighted by atomic mass is 10.1. The summed E-state index contributed by atoms with van der Waals surface area (Å²) in [6, 6.07) is 9.02. The molecular formula is C17H19N7O. The van der Waals surface area contributed by atoms with Crippen LogP contribution in [0.25, 0.3) is 5.69 Å². The lowest BCUT2D eigenvalue weighted by Crippen LogP contribution is -2.36. The second kappa shape index (κ2) is 6.39. The fourth-order valence-corrected chi connectivity index (χ4v) is 3.08. The van der Waals surface area contributed by atoms with Gasteiger partial charge in [-0.25, -0.2) is 19.1 Å². The Hall–Kier alpha value is -3.16. The number of hydrogen-bond donors (Lipinski definition) is 2. The van der Waals surface area contributed by atoms with Gasteiger partial charge in [-0.3, -0.25) is 0 Å². The molecule has 0 saturated heterocycles. The van der Waals surface area contributed by atoms with Crippen molar-refractivity contribution in [2.24, 2.45) is 0 Å². The molecule has 128 valence electrons. The third-order valence-electron chi connectivity index (χ3n) is 4.16. The van der Waals surface area contributed by atoms with Gasteiger partial charge in [0.1, 0.15) is 11.6 Å². The van der Waals surface area contributed by atoms with Crippen molar-refractivity contribution in [3.05, 3.63) is 54.4 Å². The molecule has 1 aromatic carbocycles. The molecule has 3 heterocycles. The maximum Gasteiger partial charge on any atom is 0.319 e. The number of aromatic nitrogens is 5. The standard InChI is InChI=1S/C17H19N7O/c1-12-19-16-15(7-3-9-24(16)22-12)21-17(25)20-13-5-2-6-14(11-13)23-10-4-8-18-23/h2,4-6,8,10-11,15H,3,7,9H2,1H3,(H2,20,21,25)/t15-/m0/s1. The van der Waals surface area contributed by atoms with E-state index in [0.717, 1.165) is 36.7 Å². The van der Waals surface area contributed by atoms with Crippen LogP contribution in [-0.4, -0.2) is 30.6 Å². The number of benzene rings is 1. The molecule has 1 aliphatic rings. The van der Waals surface area contributed by atoms with E-state index in [1.54, 1.807) is 10.9 Å². The van der Waals surface area contributed by atoms with Gasteiger partial charge in [-0.05, 0) is 44.0 Å². The highest BCUT2D eigenvalue weighted by molar-refractivity contribution is 5.89. The SMILES string of the molecule is Cc1nc2n(n1)CCC[C@@H]2NC(=O)Nc1cccc(-n2cccn2)c1. The summed E-state index contributed by atoms with van der Waals surface area (Å²) in [5.41, 5.74) is 1.59. The van der Waals surface area contributed by atoms with Crippen LogP contribution in [0.1, 0.15) is 30.5 Å². The molecule has 2 amide bonds. The van der Waals surface area contributed by atoms with E-state index in [-0.39, 0.29) is 12.1 Å². The number of carbonyl (C=O) groups is 1. The minimum Gasteiger partial charge on any atom is -0.328 e. The van der Waals surface area contributed by atoms with Crippen LogP contribution >= 0.6 is 0 Å². The molecule has 8 heteroatoms. The van der Waals surface area contributed by atoms with E-state index >= 15 is 0 Å². The first-order valence-electron chi connectivity index (χ1n) is 8.28. The van der Waals surface area contributed by atoms with Gasteiger partial charge in [0.2, 0.25) is 0 Å². The Labute approximate surface area is 144 Å². The molecule has 1 atom stereocenters. The number of carbonyl (C=O) groups excluding carboxylic acids is 1. The summed E-state index contributed by atoms with van der Waals surface area (Å²) in [4.78, 5) is 16.8. The van der Waals surface area contributed by atoms with Gasteiger partial charge in [-0.1, -0.05) is 6.07 Å². The smallest absolute Gasteiger partial charge is 0.319 e. The molecule has 0 fully saturated rings. The molecule has 0 bridgehead atoms. The normalized spacial score (nSPS) is 16.3. The van der Waals surface area contributed by atoms with Gasteiger partial charge in [0.05, 0.1) is 11.7 Å². The van der Waals surface area contributed by atoms with Crippen LogP contribution in [-0.2, 0) is 6.54 Å². The van der Waals surface area contributed by atoms with E-state index in [1.165, 1.54) is 0 Å². The van der Waals surface area contributed by atoms with Crippen LogP contribution in [0, 0.1) is 6.92 Å². The van der Waals surface area contributed by atoms with Crippen LogP contribution in [0.4, 0.5) is 10.5 Å². The van der Waals surface area contributed by atoms with Crippen molar-refractivity contribution >= 4 is 11.7 Å². The first kappa shape index (κ1) is 15.4. The molecule has 2 aromatic heterocycles. The number of aryl methyl sites for hydroxylation is 2. The predicted molar refractivity (Wildman–Crippen MR) is 92.5 cm³/mol. The third-order valence-corrected chi connectivity index (χ3v) is 4.16. The van der Waals surface area contributed by atoms with Gasteiger partial charge in [-0.15, -0.1) is 0 Å². The molecule has 2 N–H and O–H groups in total. The molecule has 0 radical (unpaired) electrons. The average Bonchev–Trinajstić information content (AvgIpc) is 3.24. The Morgan fingerprint density at radius 2 is 2.24 bits per heavy atom. The van der Waals surface area contributed by atoms with Gasteiger partial charge in [-0.2, -0.15) is 10.2 Å². The highest BCUT2D eigenvalue weighted by atomic mass is 16.2.